The number of hydrogen-bond acceptors (Lipinski definition) is 4. The molecule has 0 aromatic carbocycles. The fraction of sp³-hybridized carbons (Fsp3) is 0.889. The van der Waals surface area contributed by atoms with E-state index in [9.17, 15) is 4.79 Å². The van der Waals surface area contributed by atoms with Gasteiger partial charge in [-0.3, -0.25) is 4.79 Å². The summed E-state index contributed by atoms with van der Waals surface area (Å²) in [6.45, 7) is 2.32. The number of methoxy groups -OCH3 is 1. The van der Waals surface area contributed by atoms with E-state index in [1.54, 1.807) is 0 Å². The molecular formula is C9H15NO3. The Labute approximate surface area is 77.6 Å². The van der Waals surface area contributed by atoms with Crippen molar-refractivity contribution in [3.05, 3.63) is 0 Å². The molecule has 74 valence electrons. The second kappa shape index (κ2) is 3.27. The largest absolute Gasteiger partial charge is 0.469 e. The molecule has 2 fully saturated rings. The summed E-state index contributed by atoms with van der Waals surface area (Å²) < 4.78 is 9.86. The third kappa shape index (κ3) is 1.56. The summed E-state index contributed by atoms with van der Waals surface area (Å²) in [6.07, 6.45) is 1.94. The van der Waals surface area contributed by atoms with Gasteiger partial charge in [-0.2, -0.15) is 0 Å². The summed E-state index contributed by atoms with van der Waals surface area (Å²) >= 11 is 0. The van der Waals surface area contributed by atoms with E-state index in [2.05, 4.69) is 5.32 Å². The normalized spacial score (nSPS) is 31.0. The number of nitrogens with one attached hydrogen (secondary N) is 1. The molecule has 0 amide bonds. The van der Waals surface area contributed by atoms with Crippen molar-refractivity contribution in [3.63, 3.8) is 0 Å². The lowest BCUT2D eigenvalue weighted by molar-refractivity contribution is -0.149. The molecule has 0 aromatic heterocycles. The van der Waals surface area contributed by atoms with Crippen molar-refractivity contribution < 1.29 is 14.3 Å². The zero-order valence-electron chi connectivity index (χ0n) is 7.84. The zero-order chi connectivity index (χ0) is 9.31. The smallest absolute Gasteiger partial charge is 0.309 e. The molecule has 0 radical (unpaired) electrons. The summed E-state index contributed by atoms with van der Waals surface area (Å²) in [6, 6.07) is 0. The first-order chi connectivity index (χ1) is 6.26. The van der Waals surface area contributed by atoms with Gasteiger partial charge in [0.05, 0.1) is 31.8 Å². The molecule has 0 saturated carbocycles. The Kier molecular flexibility index (Phi) is 2.26. The van der Waals surface area contributed by atoms with Crippen LogP contribution in [0.25, 0.3) is 0 Å². The van der Waals surface area contributed by atoms with Crippen molar-refractivity contribution in [1.82, 2.24) is 5.32 Å². The quantitative estimate of drug-likeness (QED) is 0.581. The fourth-order valence-electron chi connectivity index (χ4n) is 1.94. The van der Waals surface area contributed by atoms with Gasteiger partial charge in [0.25, 0.3) is 0 Å². The first-order valence-electron chi connectivity index (χ1n) is 4.66. The molecule has 0 aromatic rings. The fourth-order valence-corrected chi connectivity index (χ4v) is 1.94. The lowest BCUT2D eigenvalue weighted by Crippen LogP contribution is -2.64. The van der Waals surface area contributed by atoms with Crippen LogP contribution in [0.1, 0.15) is 12.8 Å². The average Bonchev–Trinajstić information content (AvgIpc) is 2.14. The van der Waals surface area contributed by atoms with E-state index in [0.717, 1.165) is 32.6 Å². The number of carbonyl (C=O) groups is 1. The minimum Gasteiger partial charge on any atom is -0.469 e. The van der Waals surface area contributed by atoms with Gasteiger partial charge in [0, 0.05) is 6.54 Å². The van der Waals surface area contributed by atoms with Crippen LogP contribution in [0.15, 0.2) is 0 Å². The van der Waals surface area contributed by atoms with Gasteiger partial charge in [-0.15, -0.1) is 0 Å². The highest BCUT2D eigenvalue weighted by atomic mass is 16.5. The van der Waals surface area contributed by atoms with Crippen LogP contribution in [-0.2, 0) is 14.3 Å². The highest BCUT2D eigenvalue weighted by Gasteiger charge is 2.42. The minimum absolute atomic E-state index is 0.0382. The molecule has 0 aliphatic carbocycles. The number of ether oxygens (including phenoxy) is 2. The van der Waals surface area contributed by atoms with Crippen LogP contribution in [0, 0.1) is 5.92 Å². The Morgan fingerprint density at radius 2 is 2.38 bits per heavy atom. The number of esters is 1. The molecule has 2 aliphatic heterocycles. The van der Waals surface area contributed by atoms with E-state index in [1.807, 2.05) is 0 Å². The van der Waals surface area contributed by atoms with Gasteiger partial charge < -0.3 is 14.8 Å². The summed E-state index contributed by atoms with van der Waals surface area (Å²) in [5.41, 5.74) is 0.185. The highest BCUT2D eigenvalue weighted by Crippen LogP contribution is 2.29. The highest BCUT2D eigenvalue weighted by molar-refractivity contribution is 5.72. The maximum absolute atomic E-state index is 11.2. The molecule has 1 atom stereocenters. The van der Waals surface area contributed by atoms with Gasteiger partial charge in [-0.1, -0.05) is 0 Å². The number of hydrogen-bond donors (Lipinski definition) is 1. The van der Waals surface area contributed by atoms with Crippen LogP contribution < -0.4 is 5.32 Å². The molecule has 1 unspecified atom stereocenters. The third-order valence-electron chi connectivity index (χ3n) is 2.99. The summed E-state index contributed by atoms with van der Waals surface area (Å²) in [5, 5.41) is 3.37. The van der Waals surface area contributed by atoms with Crippen molar-refractivity contribution in [1.29, 1.82) is 0 Å². The second-order valence-corrected chi connectivity index (χ2v) is 3.91. The first kappa shape index (κ1) is 8.97. The predicted octanol–water partition coefficient (Wildman–Crippen LogP) is -0.0720. The molecule has 2 saturated heterocycles. The second-order valence-electron chi connectivity index (χ2n) is 3.91. The molecule has 4 nitrogen and oxygen atoms in total. The predicted molar refractivity (Wildman–Crippen MR) is 46.3 cm³/mol. The Balaban J connectivity index is 1.85. The Morgan fingerprint density at radius 1 is 1.62 bits per heavy atom. The lowest BCUT2D eigenvalue weighted by Gasteiger charge is -2.46. The molecule has 4 heteroatoms. The Morgan fingerprint density at radius 3 is 2.77 bits per heavy atom. The number of piperidine rings is 1. The van der Waals surface area contributed by atoms with Crippen LogP contribution in [0.2, 0.25) is 0 Å². The third-order valence-corrected chi connectivity index (χ3v) is 2.99. The van der Waals surface area contributed by atoms with E-state index >= 15 is 0 Å². The van der Waals surface area contributed by atoms with Crippen LogP contribution >= 0.6 is 0 Å². The van der Waals surface area contributed by atoms with E-state index in [-0.39, 0.29) is 17.4 Å². The van der Waals surface area contributed by atoms with Gasteiger partial charge in [-0.05, 0) is 12.8 Å². The van der Waals surface area contributed by atoms with Crippen LogP contribution in [0.4, 0.5) is 0 Å². The van der Waals surface area contributed by atoms with E-state index in [1.165, 1.54) is 7.11 Å². The molecular weight excluding hydrogens is 170 g/mol. The lowest BCUT2D eigenvalue weighted by atomic mass is 9.83. The summed E-state index contributed by atoms with van der Waals surface area (Å²) in [4.78, 5) is 11.2. The molecule has 2 heterocycles. The molecule has 2 aliphatic rings. The SMILES string of the molecule is COC(=O)C1CCC2(COC2)NC1. The maximum Gasteiger partial charge on any atom is 0.309 e. The van der Waals surface area contributed by atoms with Gasteiger partial charge in [0.1, 0.15) is 0 Å². The first-order valence-corrected chi connectivity index (χ1v) is 4.66. The number of rotatable bonds is 1. The average molecular weight is 185 g/mol. The topological polar surface area (TPSA) is 47.6 Å². The summed E-state index contributed by atoms with van der Waals surface area (Å²) in [5.74, 6) is -0.0567. The molecule has 13 heavy (non-hydrogen) atoms. The van der Waals surface area contributed by atoms with E-state index in [4.69, 9.17) is 9.47 Å². The summed E-state index contributed by atoms with van der Waals surface area (Å²) in [7, 11) is 1.44. The molecule has 1 spiro atoms. The van der Waals surface area contributed by atoms with Crippen LogP contribution in [0.3, 0.4) is 0 Å². The van der Waals surface area contributed by atoms with E-state index < -0.39 is 0 Å². The minimum atomic E-state index is -0.0948. The molecule has 1 N–H and O–H groups in total. The monoisotopic (exact) mass is 185 g/mol. The number of carbonyl (C=O) groups excluding carboxylic acids is 1. The van der Waals surface area contributed by atoms with Crippen molar-refractivity contribution in [3.8, 4) is 0 Å². The van der Waals surface area contributed by atoms with Crippen LogP contribution in [-0.4, -0.2) is 38.4 Å². The van der Waals surface area contributed by atoms with Crippen LogP contribution in [0.5, 0.6) is 0 Å². The van der Waals surface area contributed by atoms with Crippen molar-refractivity contribution in [2.75, 3.05) is 26.9 Å². The van der Waals surface area contributed by atoms with E-state index in [0.29, 0.717) is 0 Å². The standard InChI is InChI=1S/C9H15NO3/c1-12-8(11)7-2-3-9(10-4-7)5-13-6-9/h7,10H,2-6H2,1H3. The van der Waals surface area contributed by atoms with Crippen molar-refractivity contribution in [2.24, 2.45) is 5.92 Å². The Hall–Kier alpha value is -0.610. The zero-order valence-corrected chi connectivity index (χ0v) is 7.84. The van der Waals surface area contributed by atoms with Gasteiger partial charge >= 0.3 is 5.97 Å². The Bertz CT molecular complexity index is 203. The van der Waals surface area contributed by atoms with Crippen molar-refractivity contribution in [2.45, 2.75) is 18.4 Å². The molecule has 0 bridgehead atoms. The van der Waals surface area contributed by atoms with Gasteiger partial charge in [0.2, 0.25) is 0 Å². The molecule has 2 rings (SSSR count). The van der Waals surface area contributed by atoms with Gasteiger partial charge in [0.15, 0.2) is 0 Å². The van der Waals surface area contributed by atoms with Crippen molar-refractivity contribution >= 4 is 5.97 Å². The van der Waals surface area contributed by atoms with Gasteiger partial charge in [-0.25, -0.2) is 0 Å². The maximum atomic E-state index is 11.2.